The molecule has 1 aliphatic rings. The predicted octanol–water partition coefficient (Wildman–Crippen LogP) is 3.08. The minimum atomic E-state index is -0.861. The van der Waals surface area contributed by atoms with Crippen molar-refractivity contribution < 1.29 is 9.53 Å². The SMILES string of the molecule is COc1ccc(C2C(=O)N(C)C(=N)N[C@]2(C)c2cc(-c3cncc(C#N)c3)cs2)cn1. The largest absolute Gasteiger partial charge is 0.481 e. The third-order valence-corrected chi connectivity index (χ3v) is 6.65. The van der Waals surface area contributed by atoms with Crippen LogP contribution in [0.5, 0.6) is 5.88 Å². The highest BCUT2D eigenvalue weighted by Crippen LogP contribution is 2.44. The van der Waals surface area contributed by atoms with E-state index in [4.69, 9.17) is 15.4 Å². The van der Waals surface area contributed by atoms with E-state index in [9.17, 15) is 4.79 Å². The molecule has 0 bridgehead atoms. The van der Waals surface area contributed by atoms with Crippen LogP contribution in [0.1, 0.15) is 28.8 Å². The number of ether oxygens (including phenoxy) is 1. The van der Waals surface area contributed by atoms with E-state index >= 15 is 0 Å². The van der Waals surface area contributed by atoms with Crippen LogP contribution in [0.4, 0.5) is 0 Å². The monoisotopic (exact) mass is 432 g/mol. The van der Waals surface area contributed by atoms with Gasteiger partial charge in [-0.05, 0) is 35.6 Å². The number of pyridine rings is 2. The van der Waals surface area contributed by atoms with Gasteiger partial charge in [0.1, 0.15) is 6.07 Å². The summed E-state index contributed by atoms with van der Waals surface area (Å²) in [6.45, 7) is 1.92. The van der Waals surface area contributed by atoms with Crippen LogP contribution in [0.25, 0.3) is 11.1 Å². The van der Waals surface area contributed by atoms with E-state index in [0.29, 0.717) is 11.4 Å². The van der Waals surface area contributed by atoms with Crippen molar-refractivity contribution >= 4 is 23.2 Å². The summed E-state index contributed by atoms with van der Waals surface area (Å²) in [4.78, 5) is 23.9. The number of rotatable bonds is 4. The highest BCUT2D eigenvalue weighted by Gasteiger charge is 2.49. The third-order valence-electron chi connectivity index (χ3n) is 5.48. The van der Waals surface area contributed by atoms with Crippen molar-refractivity contribution in [1.82, 2.24) is 20.2 Å². The van der Waals surface area contributed by atoms with Gasteiger partial charge in [-0.1, -0.05) is 6.07 Å². The minimum absolute atomic E-state index is 0.0355. The van der Waals surface area contributed by atoms with Crippen molar-refractivity contribution in [3.63, 3.8) is 0 Å². The predicted molar refractivity (Wildman–Crippen MR) is 117 cm³/mol. The molecule has 4 rings (SSSR count). The molecule has 2 atom stereocenters. The van der Waals surface area contributed by atoms with Crippen molar-refractivity contribution in [2.24, 2.45) is 0 Å². The van der Waals surface area contributed by atoms with E-state index in [2.05, 4.69) is 21.4 Å². The zero-order chi connectivity index (χ0) is 22.2. The molecule has 1 amide bonds. The summed E-state index contributed by atoms with van der Waals surface area (Å²) in [5.74, 6) is -0.291. The molecular formula is C22H20N6O2S. The number of guanidine groups is 1. The van der Waals surface area contributed by atoms with E-state index in [1.165, 1.54) is 29.5 Å². The molecule has 1 unspecified atom stereocenters. The van der Waals surface area contributed by atoms with Crippen LogP contribution in [0.3, 0.4) is 0 Å². The Morgan fingerprint density at radius 3 is 2.77 bits per heavy atom. The fourth-order valence-corrected chi connectivity index (χ4v) is 4.80. The molecule has 1 aliphatic heterocycles. The lowest BCUT2D eigenvalue weighted by Gasteiger charge is -2.45. The van der Waals surface area contributed by atoms with Crippen molar-refractivity contribution in [3.8, 4) is 23.1 Å². The van der Waals surface area contributed by atoms with Crippen LogP contribution in [-0.4, -0.2) is 40.9 Å². The molecule has 0 aromatic carbocycles. The molecule has 0 spiro atoms. The number of aromatic nitrogens is 2. The maximum Gasteiger partial charge on any atom is 0.239 e. The van der Waals surface area contributed by atoms with E-state index < -0.39 is 11.5 Å². The van der Waals surface area contributed by atoms with Gasteiger partial charge < -0.3 is 10.1 Å². The second-order valence-corrected chi connectivity index (χ2v) is 8.33. The number of thiophene rings is 1. The zero-order valence-corrected chi connectivity index (χ0v) is 18.0. The van der Waals surface area contributed by atoms with Gasteiger partial charge in [-0.3, -0.25) is 20.1 Å². The molecule has 156 valence electrons. The lowest BCUT2D eigenvalue weighted by molar-refractivity contribution is -0.131. The normalized spacial score (nSPS) is 20.8. The van der Waals surface area contributed by atoms with Crippen molar-refractivity contribution in [1.29, 1.82) is 10.7 Å². The number of carbonyl (C=O) groups is 1. The van der Waals surface area contributed by atoms with Crippen molar-refractivity contribution in [2.45, 2.75) is 18.4 Å². The Morgan fingerprint density at radius 2 is 2.10 bits per heavy atom. The molecule has 9 heteroatoms. The Hall–Kier alpha value is -3.77. The number of nitrogens with one attached hydrogen (secondary N) is 2. The number of carbonyl (C=O) groups excluding carboxylic acids is 1. The summed E-state index contributed by atoms with van der Waals surface area (Å²) in [6, 6.07) is 9.41. The summed E-state index contributed by atoms with van der Waals surface area (Å²) < 4.78 is 5.15. The molecule has 1 saturated heterocycles. The van der Waals surface area contributed by atoms with Crippen molar-refractivity contribution in [2.75, 3.05) is 14.2 Å². The number of nitriles is 1. The molecule has 0 saturated carbocycles. The third kappa shape index (κ3) is 3.51. The Bertz CT molecular complexity index is 1200. The molecule has 3 aromatic rings. The topological polar surface area (TPSA) is 115 Å². The lowest BCUT2D eigenvalue weighted by atomic mass is 9.77. The van der Waals surface area contributed by atoms with Crippen LogP contribution in [0, 0.1) is 16.7 Å². The van der Waals surface area contributed by atoms with Crippen LogP contribution < -0.4 is 10.1 Å². The van der Waals surface area contributed by atoms with Gasteiger partial charge >= 0.3 is 0 Å². The zero-order valence-electron chi connectivity index (χ0n) is 17.2. The number of hydrogen-bond acceptors (Lipinski definition) is 7. The van der Waals surface area contributed by atoms with Crippen molar-refractivity contribution in [3.05, 3.63) is 64.2 Å². The van der Waals surface area contributed by atoms with E-state index in [-0.39, 0.29) is 11.9 Å². The summed E-state index contributed by atoms with van der Waals surface area (Å²) in [6.07, 6.45) is 4.86. The number of methoxy groups -OCH3 is 1. The van der Waals surface area contributed by atoms with Gasteiger partial charge in [-0.25, -0.2) is 4.98 Å². The van der Waals surface area contributed by atoms with Crippen LogP contribution >= 0.6 is 11.3 Å². The Balaban J connectivity index is 1.79. The second-order valence-electron chi connectivity index (χ2n) is 7.41. The number of nitrogens with zero attached hydrogens (tertiary/aromatic N) is 4. The molecule has 31 heavy (non-hydrogen) atoms. The van der Waals surface area contributed by atoms with E-state index in [1.807, 2.05) is 24.4 Å². The van der Waals surface area contributed by atoms with Crippen LogP contribution in [0.15, 0.2) is 48.2 Å². The summed E-state index contributed by atoms with van der Waals surface area (Å²) in [5, 5.41) is 22.6. The first-order valence-electron chi connectivity index (χ1n) is 9.46. The van der Waals surface area contributed by atoms with E-state index in [1.54, 1.807) is 31.6 Å². The first kappa shape index (κ1) is 20.5. The average Bonchev–Trinajstić information content (AvgIpc) is 3.29. The smallest absolute Gasteiger partial charge is 0.239 e. The van der Waals surface area contributed by atoms with Gasteiger partial charge in [0.05, 0.1) is 24.1 Å². The Labute approximate surface area is 183 Å². The maximum atomic E-state index is 13.3. The lowest BCUT2D eigenvalue weighted by Crippen LogP contribution is -2.62. The first-order valence-corrected chi connectivity index (χ1v) is 10.3. The molecule has 0 aliphatic carbocycles. The first-order chi connectivity index (χ1) is 14.9. The Morgan fingerprint density at radius 1 is 1.29 bits per heavy atom. The standard InChI is InChI=1S/C22H20N6O2S/c1-22(17-7-16(12-31-17)15-6-13(8-23)9-25-10-15)19(20(29)28(2)21(24)27-22)14-4-5-18(30-3)26-11-14/h4-7,9-12,19H,1-3H3,(H2,24,27)/t19?,22-/m1/s1. The molecule has 2 N–H and O–H groups in total. The summed E-state index contributed by atoms with van der Waals surface area (Å²) in [7, 11) is 3.12. The van der Waals surface area contributed by atoms with Crippen LogP contribution in [-0.2, 0) is 10.3 Å². The van der Waals surface area contributed by atoms with E-state index in [0.717, 1.165) is 21.6 Å². The van der Waals surface area contributed by atoms with Crippen LogP contribution in [0.2, 0.25) is 0 Å². The molecular weight excluding hydrogens is 412 g/mol. The van der Waals surface area contributed by atoms with Gasteiger partial charge in [0.2, 0.25) is 11.8 Å². The minimum Gasteiger partial charge on any atom is -0.481 e. The second kappa shape index (κ2) is 7.81. The van der Waals surface area contributed by atoms with Gasteiger partial charge in [0.25, 0.3) is 0 Å². The highest BCUT2D eigenvalue weighted by molar-refractivity contribution is 7.10. The quantitative estimate of drug-likeness (QED) is 0.655. The maximum absolute atomic E-state index is 13.3. The summed E-state index contributed by atoms with van der Waals surface area (Å²) in [5.41, 5.74) is 2.07. The fraction of sp³-hybridized carbons (Fsp3) is 0.227. The molecule has 8 nitrogen and oxygen atoms in total. The summed E-state index contributed by atoms with van der Waals surface area (Å²) >= 11 is 1.49. The van der Waals surface area contributed by atoms with Gasteiger partial charge in [0.15, 0.2) is 5.96 Å². The molecule has 0 radical (unpaired) electrons. The van der Waals surface area contributed by atoms with Gasteiger partial charge in [0, 0.05) is 42.1 Å². The fourth-order valence-electron chi connectivity index (χ4n) is 3.73. The van der Waals surface area contributed by atoms with Gasteiger partial charge in [-0.15, -0.1) is 11.3 Å². The molecule has 4 heterocycles. The molecule has 1 fully saturated rings. The average molecular weight is 433 g/mol. The highest BCUT2D eigenvalue weighted by atomic mass is 32.1. The Kier molecular flexibility index (Phi) is 5.17. The number of amides is 1. The number of hydrogen-bond donors (Lipinski definition) is 2. The molecule has 3 aromatic heterocycles. The number of likely N-dealkylation sites (N-methyl/N-ethyl adjacent to an activating group) is 1. The van der Waals surface area contributed by atoms with Gasteiger partial charge in [-0.2, -0.15) is 5.26 Å².